The van der Waals surface area contributed by atoms with E-state index in [0.29, 0.717) is 6.54 Å². The lowest BCUT2D eigenvalue weighted by molar-refractivity contribution is -0.137. The molecule has 0 aliphatic carbocycles. The van der Waals surface area contributed by atoms with Crippen LogP contribution in [0.25, 0.3) is 0 Å². The molecule has 14 heavy (non-hydrogen) atoms. The van der Waals surface area contributed by atoms with Crippen molar-refractivity contribution in [2.24, 2.45) is 5.92 Å². The summed E-state index contributed by atoms with van der Waals surface area (Å²) in [7, 11) is 0. The molecule has 0 bridgehead atoms. The van der Waals surface area contributed by atoms with Crippen LogP contribution in [-0.4, -0.2) is 35.5 Å². The van der Waals surface area contributed by atoms with Gasteiger partial charge in [0.1, 0.15) is 0 Å². The summed E-state index contributed by atoms with van der Waals surface area (Å²) in [6.45, 7) is 4.44. The fraction of sp³-hybridized carbons (Fsp3) is 0.600. The molecule has 3 atom stereocenters. The Balaban J connectivity index is 1.91. The van der Waals surface area contributed by atoms with Crippen LogP contribution in [-0.2, 0) is 14.3 Å². The highest BCUT2D eigenvalue weighted by Crippen LogP contribution is 2.29. The van der Waals surface area contributed by atoms with Crippen LogP contribution in [0.2, 0.25) is 0 Å². The molecular formula is C10H13NO3. The SMILES string of the molecule is CC(CN1C(=O)C=CC1=O)C1OC1C. The van der Waals surface area contributed by atoms with Crippen molar-refractivity contribution in [2.45, 2.75) is 26.1 Å². The quantitative estimate of drug-likeness (QED) is 0.482. The van der Waals surface area contributed by atoms with Crippen molar-refractivity contribution in [1.29, 1.82) is 0 Å². The van der Waals surface area contributed by atoms with Gasteiger partial charge in [-0.1, -0.05) is 6.92 Å². The molecule has 0 spiro atoms. The number of epoxide rings is 1. The van der Waals surface area contributed by atoms with E-state index in [0.717, 1.165) is 0 Å². The summed E-state index contributed by atoms with van der Waals surface area (Å²) in [5.41, 5.74) is 0. The highest BCUT2D eigenvalue weighted by molar-refractivity contribution is 6.12. The van der Waals surface area contributed by atoms with Gasteiger partial charge in [0, 0.05) is 24.6 Å². The van der Waals surface area contributed by atoms with Gasteiger partial charge in [0.2, 0.25) is 0 Å². The fourth-order valence-electron chi connectivity index (χ4n) is 1.80. The zero-order valence-electron chi connectivity index (χ0n) is 8.27. The molecule has 1 fully saturated rings. The minimum absolute atomic E-state index is 0.205. The first-order valence-electron chi connectivity index (χ1n) is 4.78. The summed E-state index contributed by atoms with van der Waals surface area (Å²) >= 11 is 0. The van der Waals surface area contributed by atoms with Gasteiger partial charge in [0.25, 0.3) is 11.8 Å². The van der Waals surface area contributed by atoms with Gasteiger partial charge in [-0.05, 0) is 6.92 Å². The van der Waals surface area contributed by atoms with Gasteiger partial charge in [-0.25, -0.2) is 0 Å². The molecule has 0 radical (unpaired) electrons. The molecule has 0 aromatic heterocycles. The van der Waals surface area contributed by atoms with Crippen molar-refractivity contribution < 1.29 is 14.3 Å². The molecule has 2 aliphatic rings. The van der Waals surface area contributed by atoms with E-state index in [9.17, 15) is 9.59 Å². The van der Waals surface area contributed by atoms with E-state index in [4.69, 9.17) is 4.74 Å². The molecule has 2 heterocycles. The first-order chi connectivity index (χ1) is 6.59. The number of imide groups is 1. The Hall–Kier alpha value is -1.16. The van der Waals surface area contributed by atoms with Crippen LogP contribution in [0.1, 0.15) is 13.8 Å². The first-order valence-corrected chi connectivity index (χ1v) is 4.78. The number of carbonyl (C=O) groups is 2. The molecule has 0 saturated carbocycles. The van der Waals surface area contributed by atoms with E-state index in [1.807, 2.05) is 13.8 Å². The predicted molar refractivity (Wildman–Crippen MR) is 49.4 cm³/mol. The second-order valence-corrected chi connectivity index (χ2v) is 3.90. The summed E-state index contributed by atoms with van der Waals surface area (Å²) in [5.74, 6) is -0.205. The van der Waals surface area contributed by atoms with Crippen LogP contribution in [0.15, 0.2) is 12.2 Å². The van der Waals surface area contributed by atoms with Crippen molar-refractivity contribution >= 4 is 11.8 Å². The zero-order valence-corrected chi connectivity index (χ0v) is 8.27. The first kappa shape index (κ1) is 9.40. The summed E-state index contributed by atoms with van der Waals surface area (Å²) < 4.78 is 5.29. The molecule has 2 amide bonds. The maximum absolute atomic E-state index is 11.2. The van der Waals surface area contributed by atoms with Crippen molar-refractivity contribution in [1.82, 2.24) is 4.90 Å². The molecule has 3 unspecified atom stereocenters. The van der Waals surface area contributed by atoms with Gasteiger partial charge in [0.15, 0.2) is 0 Å². The van der Waals surface area contributed by atoms with Gasteiger partial charge in [-0.15, -0.1) is 0 Å². The molecule has 0 aromatic carbocycles. The van der Waals surface area contributed by atoms with Gasteiger partial charge in [-0.3, -0.25) is 14.5 Å². The Labute approximate surface area is 82.5 Å². The van der Waals surface area contributed by atoms with Crippen LogP contribution in [0.5, 0.6) is 0 Å². The van der Waals surface area contributed by atoms with Crippen molar-refractivity contribution in [2.75, 3.05) is 6.54 Å². The normalized spacial score (nSPS) is 32.6. The third-order valence-electron chi connectivity index (χ3n) is 2.69. The van der Waals surface area contributed by atoms with Crippen molar-refractivity contribution in [3.05, 3.63) is 12.2 Å². The van der Waals surface area contributed by atoms with Crippen molar-refractivity contribution in [3.63, 3.8) is 0 Å². The minimum atomic E-state index is -0.213. The minimum Gasteiger partial charge on any atom is -0.370 e. The molecular weight excluding hydrogens is 182 g/mol. The number of hydrogen-bond donors (Lipinski definition) is 0. The standard InChI is InChI=1S/C10H13NO3/c1-6(10-7(2)14-10)5-11-8(12)3-4-9(11)13/h3-4,6-7,10H,5H2,1-2H3. The third kappa shape index (κ3) is 1.57. The van der Waals surface area contributed by atoms with E-state index in [1.54, 1.807) is 0 Å². The topological polar surface area (TPSA) is 49.9 Å². The van der Waals surface area contributed by atoms with Crippen LogP contribution in [0.3, 0.4) is 0 Å². The molecule has 4 nitrogen and oxygen atoms in total. The summed E-state index contributed by atoms with van der Waals surface area (Å²) in [5, 5.41) is 0. The monoisotopic (exact) mass is 195 g/mol. The summed E-state index contributed by atoms with van der Waals surface area (Å²) in [4.78, 5) is 23.7. The maximum Gasteiger partial charge on any atom is 0.253 e. The average Bonchev–Trinajstić information content (AvgIpc) is 2.79. The van der Waals surface area contributed by atoms with Crippen LogP contribution in [0.4, 0.5) is 0 Å². The molecule has 76 valence electrons. The van der Waals surface area contributed by atoms with Gasteiger partial charge in [-0.2, -0.15) is 0 Å². The predicted octanol–water partition coefficient (Wildman–Crippen LogP) is 0.335. The Kier molecular flexibility index (Phi) is 2.15. The van der Waals surface area contributed by atoms with E-state index in [-0.39, 0.29) is 29.9 Å². The van der Waals surface area contributed by atoms with E-state index in [1.165, 1.54) is 17.1 Å². The summed E-state index contributed by atoms with van der Waals surface area (Å²) in [6.07, 6.45) is 3.10. The van der Waals surface area contributed by atoms with E-state index in [2.05, 4.69) is 0 Å². The number of carbonyl (C=O) groups excluding carboxylic acids is 2. The second-order valence-electron chi connectivity index (χ2n) is 3.90. The second kappa shape index (κ2) is 3.20. The van der Waals surface area contributed by atoms with Crippen LogP contribution in [0, 0.1) is 5.92 Å². The van der Waals surface area contributed by atoms with E-state index >= 15 is 0 Å². The number of ether oxygens (including phenoxy) is 1. The third-order valence-corrected chi connectivity index (χ3v) is 2.69. The fourth-order valence-corrected chi connectivity index (χ4v) is 1.80. The van der Waals surface area contributed by atoms with Crippen molar-refractivity contribution in [3.8, 4) is 0 Å². The Morgan fingerprint density at radius 2 is 1.93 bits per heavy atom. The molecule has 2 rings (SSSR count). The van der Waals surface area contributed by atoms with Gasteiger partial charge in [0.05, 0.1) is 12.2 Å². The summed E-state index contributed by atoms with van der Waals surface area (Å²) in [6, 6.07) is 0. The number of nitrogens with zero attached hydrogens (tertiary/aromatic N) is 1. The van der Waals surface area contributed by atoms with Crippen LogP contribution >= 0.6 is 0 Å². The Morgan fingerprint density at radius 3 is 2.36 bits per heavy atom. The Bertz CT molecular complexity index is 292. The number of hydrogen-bond acceptors (Lipinski definition) is 3. The average molecular weight is 195 g/mol. The molecule has 2 aliphatic heterocycles. The van der Waals surface area contributed by atoms with E-state index < -0.39 is 0 Å². The van der Waals surface area contributed by atoms with Gasteiger partial charge < -0.3 is 4.74 Å². The highest BCUT2D eigenvalue weighted by Gasteiger charge is 2.40. The number of amides is 2. The molecule has 1 saturated heterocycles. The zero-order chi connectivity index (χ0) is 10.3. The highest BCUT2D eigenvalue weighted by atomic mass is 16.6. The lowest BCUT2D eigenvalue weighted by Crippen LogP contribution is -2.35. The van der Waals surface area contributed by atoms with Gasteiger partial charge >= 0.3 is 0 Å². The lowest BCUT2D eigenvalue weighted by Gasteiger charge is -2.17. The number of rotatable bonds is 3. The lowest BCUT2D eigenvalue weighted by atomic mass is 10.1. The smallest absolute Gasteiger partial charge is 0.253 e. The Morgan fingerprint density at radius 1 is 1.43 bits per heavy atom. The maximum atomic E-state index is 11.2. The van der Waals surface area contributed by atoms with Crippen LogP contribution < -0.4 is 0 Å². The largest absolute Gasteiger partial charge is 0.370 e. The molecule has 0 aromatic rings. The molecule has 4 heteroatoms. The molecule has 0 N–H and O–H groups in total.